The molecule has 14 heavy (non-hydrogen) atoms. The van der Waals surface area contributed by atoms with E-state index in [0.29, 0.717) is 12.3 Å². The predicted octanol–water partition coefficient (Wildman–Crippen LogP) is 2.04. The number of fused-ring (bicyclic) bond motifs is 1. The van der Waals surface area contributed by atoms with Gasteiger partial charge in [0, 0.05) is 17.9 Å². The van der Waals surface area contributed by atoms with Gasteiger partial charge in [0.2, 0.25) is 0 Å². The second-order valence-electron chi connectivity index (χ2n) is 3.53. The summed E-state index contributed by atoms with van der Waals surface area (Å²) in [5, 5.41) is 0. The molecule has 0 aromatic heterocycles. The van der Waals surface area contributed by atoms with Crippen LogP contribution >= 0.6 is 11.9 Å². The maximum Gasteiger partial charge on any atom is 0.120 e. The maximum atomic E-state index is 10.5. The van der Waals surface area contributed by atoms with Crippen LogP contribution in [0.3, 0.4) is 0 Å². The van der Waals surface area contributed by atoms with Gasteiger partial charge in [-0.2, -0.15) is 0 Å². The Labute approximate surface area is 88.2 Å². The highest BCUT2D eigenvalue weighted by molar-refractivity contribution is 7.97. The highest BCUT2D eigenvalue weighted by atomic mass is 32.2. The topological polar surface area (TPSA) is 29.1 Å². The first-order valence-electron chi connectivity index (χ1n) is 4.81. The second-order valence-corrected chi connectivity index (χ2v) is 4.46. The zero-order chi connectivity index (χ0) is 9.80. The lowest BCUT2D eigenvalue weighted by molar-refractivity contribution is -0.108. The molecule has 0 amide bonds. The van der Waals surface area contributed by atoms with Crippen LogP contribution in [0.5, 0.6) is 0 Å². The number of rotatable bonds is 2. The standard InChI is InChI=1S/C11H13NOS/c13-6-5-9-7-10-3-1-2-4-11(10)14-12-8-9/h1-4,6,9,12H,5,7-8H2. The molecule has 1 aliphatic heterocycles. The van der Waals surface area contributed by atoms with Gasteiger partial charge in [-0.3, -0.25) is 4.72 Å². The fourth-order valence-corrected chi connectivity index (χ4v) is 2.60. The number of hydrogen-bond acceptors (Lipinski definition) is 3. The van der Waals surface area contributed by atoms with Crippen molar-refractivity contribution in [3.8, 4) is 0 Å². The molecule has 0 aliphatic carbocycles. The van der Waals surface area contributed by atoms with Crippen LogP contribution in [0.4, 0.5) is 0 Å². The van der Waals surface area contributed by atoms with Crippen molar-refractivity contribution in [3.63, 3.8) is 0 Å². The first-order valence-corrected chi connectivity index (χ1v) is 5.63. The molecule has 1 aliphatic rings. The Morgan fingerprint density at radius 3 is 3.21 bits per heavy atom. The monoisotopic (exact) mass is 207 g/mol. The largest absolute Gasteiger partial charge is 0.303 e. The van der Waals surface area contributed by atoms with Crippen LogP contribution in [0.1, 0.15) is 12.0 Å². The third-order valence-electron chi connectivity index (χ3n) is 2.46. The lowest BCUT2D eigenvalue weighted by atomic mass is 9.97. The zero-order valence-corrected chi connectivity index (χ0v) is 8.72. The Morgan fingerprint density at radius 1 is 1.50 bits per heavy atom. The minimum Gasteiger partial charge on any atom is -0.303 e. The first-order chi connectivity index (χ1) is 6.90. The summed E-state index contributed by atoms with van der Waals surface area (Å²) in [7, 11) is 0. The number of carbonyl (C=O) groups is 1. The molecule has 0 saturated heterocycles. The minimum absolute atomic E-state index is 0.448. The average Bonchev–Trinajstić information content (AvgIpc) is 2.40. The molecule has 3 heteroatoms. The van der Waals surface area contributed by atoms with Crippen molar-refractivity contribution in [1.82, 2.24) is 4.72 Å². The van der Waals surface area contributed by atoms with Crippen molar-refractivity contribution in [2.75, 3.05) is 6.54 Å². The summed E-state index contributed by atoms with van der Waals surface area (Å²) >= 11 is 1.67. The molecule has 1 heterocycles. The molecule has 2 rings (SSSR count). The van der Waals surface area contributed by atoms with E-state index in [-0.39, 0.29) is 0 Å². The van der Waals surface area contributed by atoms with Crippen LogP contribution in [-0.2, 0) is 11.2 Å². The summed E-state index contributed by atoms with van der Waals surface area (Å²) in [5.74, 6) is 0.448. The number of hydrogen-bond donors (Lipinski definition) is 1. The molecule has 1 N–H and O–H groups in total. The van der Waals surface area contributed by atoms with Crippen molar-refractivity contribution < 1.29 is 4.79 Å². The molecule has 1 unspecified atom stereocenters. The molecular formula is C11H13NOS. The van der Waals surface area contributed by atoms with E-state index >= 15 is 0 Å². The number of nitrogens with one attached hydrogen (secondary N) is 1. The number of aldehydes is 1. The van der Waals surface area contributed by atoms with Gasteiger partial charge in [-0.15, -0.1) is 0 Å². The van der Waals surface area contributed by atoms with Crippen molar-refractivity contribution in [1.29, 1.82) is 0 Å². The molecule has 0 radical (unpaired) electrons. The van der Waals surface area contributed by atoms with Crippen LogP contribution in [0.2, 0.25) is 0 Å². The van der Waals surface area contributed by atoms with Crippen LogP contribution < -0.4 is 4.72 Å². The van der Waals surface area contributed by atoms with Crippen LogP contribution in [0.15, 0.2) is 29.2 Å². The van der Waals surface area contributed by atoms with E-state index in [1.54, 1.807) is 11.9 Å². The minimum atomic E-state index is 0.448. The van der Waals surface area contributed by atoms with Crippen LogP contribution in [-0.4, -0.2) is 12.8 Å². The zero-order valence-electron chi connectivity index (χ0n) is 7.90. The van der Waals surface area contributed by atoms with E-state index in [9.17, 15) is 4.79 Å². The van der Waals surface area contributed by atoms with Gasteiger partial charge in [0.25, 0.3) is 0 Å². The van der Waals surface area contributed by atoms with E-state index in [2.05, 4.69) is 22.9 Å². The van der Waals surface area contributed by atoms with Crippen molar-refractivity contribution >= 4 is 18.2 Å². The number of benzene rings is 1. The van der Waals surface area contributed by atoms with Crippen LogP contribution in [0, 0.1) is 5.92 Å². The van der Waals surface area contributed by atoms with Gasteiger partial charge in [0.05, 0.1) is 0 Å². The van der Waals surface area contributed by atoms with Crippen molar-refractivity contribution in [2.45, 2.75) is 17.7 Å². The Morgan fingerprint density at radius 2 is 2.36 bits per heavy atom. The molecule has 0 saturated carbocycles. The molecule has 2 nitrogen and oxygen atoms in total. The molecule has 74 valence electrons. The van der Waals surface area contributed by atoms with Crippen molar-refractivity contribution in [3.05, 3.63) is 29.8 Å². The third kappa shape index (κ3) is 2.16. The van der Waals surface area contributed by atoms with E-state index in [4.69, 9.17) is 0 Å². The summed E-state index contributed by atoms with van der Waals surface area (Å²) < 4.78 is 3.30. The van der Waals surface area contributed by atoms with Gasteiger partial charge in [0.15, 0.2) is 0 Å². The highest BCUT2D eigenvalue weighted by Gasteiger charge is 2.15. The lowest BCUT2D eigenvalue weighted by Crippen LogP contribution is -2.16. The van der Waals surface area contributed by atoms with Gasteiger partial charge in [-0.25, -0.2) is 0 Å². The Kier molecular flexibility index (Phi) is 3.22. The Hall–Kier alpha value is -0.800. The van der Waals surface area contributed by atoms with Crippen molar-refractivity contribution in [2.24, 2.45) is 5.92 Å². The quantitative estimate of drug-likeness (QED) is 0.594. The smallest absolute Gasteiger partial charge is 0.120 e. The summed E-state index contributed by atoms with van der Waals surface area (Å²) in [4.78, 5) is 11.8. The highest BCUT2D eigenvalue weighted by Crippen LogP contribution is 2.26. The van der Waals surface area contributed by atoms with E-state index < -0.39 is 0 Å². The van der Waals surface area contributed by atoms with Gasteiger partial charge in [-0.05, 0) is 35.9 Å². The molecule has 0 spiro atoms. The SMILES string of the molecule is O=CCC1CNSc2ccccc2C1. The van der Waals surface area contributed by atoms with E-state index in [0.717, 1.165) is 19.3 Å². The van der Waals surface area contributed by atoms with E-state index in [1.807, 2.05) is 6.07 Å². The molecular weight excluding hydrogens is 194 g/mol. The second kappa shape index (κ2) is 4.62. The molecule has 1 atom stereocenters. The van der Waals surface area contributed by atoms with Gasteiger partial charge in [0.1, 0.15) is 6.29 Å². The lowest BCUT2D eigenvalue weighted by Gasteiger charge is -2.09. The summed E-state index contributed by atoms with van der Waals surface area (Å²) in [6, 6.07) is 8.37. The third-order valence-corrected chi connectivity index (χ3v) is 3.39. The predicted molar refractivity (Wildman–Crippen MR) is 58.2 cm³/mol. The van der Waals surface area contributed by atoms with Gasteiger partial charge >= 0.3 is 0 Å². The fraction of sp³-hybridized carbons (Fsp3) is 0.364. The Balaban J connectivity index is 2.17. The normalized spacial score (nSPS) is 21.0. The van der Waals surface area contributed by atoms with Gasteiger partial charge in [-0.1, -0.05) is 18.2 Å². The first kappa shape index (κ1) is 9.74. The molecule has 1 aromatic carbocycles. The van der Waals surface area contributed by atoms with E-state index in [1.165, 1.54) is 10.5 Å². The summed E-state index contributed by atoms with van der Waals surface area (Å²) in [5.41, 5.74) is 1.36. The summed E-state index contributed by atoms with van der Waals surface area (Å²) in [6.45, 7) is 0.915. The average molecular weight is 207 g/mol. The van der Waals surface area contributed by atoms with Crippen LogP contribution in [0.25, 0.3) is 0 Å². The number of carbonyl (C=O) groups excluding carboxylic acids is 1. The fourth-order valence-electron chi connectivity index (χ4n) is 1.70. The molecule has 0 bridgehead atoms. The molecule has 0 fully saturated rings. The maximum absolute atomic E-state index is 10.5. The molecule has 1 aromatic rings. The van der Waals surface area contributed by atoms with Gasteiger partial charge < -0.3 is 4.79 Å². The summed E-state index contributed by atoms with van der Waals surface area (Å²) in [6.07, 6.45) is 2.68. The Bertz CT molecular complexity index is 327.